The summed E-state index contributed by atoms with van der Waals surface area (Å²) in [6.07, 6.45) is -3.06. The molecule has 188 valence electrons. The van der Waals surface area contributed by atoms with E-state index in [-0.39, 0.29) is 35.7 Å². The quantitative estimate of drug-likeness (QED) is 0.504. The number of ether oxygens (including phenoxy) is 1. The maximum atomic E-state index is 12.4. The highest BCUT2D eigenvalue weighted by Crippen LogP contribution is 2.27. The molecule has 2 aliphatic rings. The number of halogens is 3. The lowest BCUT2D eigenvalue weighted by atomic mass is 10.0. The van der Waals surface area contributed by atoms with Crippen molar-refractivity contribution in [3.63, 3.8) is 0 Å². The van der Waals surface area contributed by atoms with Gasteiger partial charge in [0.05, 0.1) is 6.04 Å². The Balaban J connectivity index is 1.24. The van der Waals surface area contributed by atoms with Gasteiger partial charge in [-0.05, 0) is 36.1 Å². The van der Waals surface area contributed by atoms with Gasteiger partial charge in [-0.3, -0.25) is 14.5 Å². The lowest BCUT2D eigenvalue weighted by molar-refractivity contribution is -0.274. The number of carbonyl (C=O) groups excluding carboxylic acids is 2. The fourth-order valence-electron chi connectivity index (χ4n) is 4.65. The zero-order chi connectivity index (χ0) is 24.8. The van der Waals surface area contributed by atoms with E-state index in [1.807, 2.05) is 30.3 Å². The summed E-state index contributed by atoms with van der Waals surface area (Å²) in [5, 5.41) is 9.30. The van der Waals surface area contributed by atoms with Crippen LogP contribution in [0.15, 0.2) is 54.6 Å². The van der Waals surface area contributed by atoms with E-state index in [4.69, 9.17) is 0 Å². The predicted octanol–water partition coefficient (Wildman–Crippen LogP) is 2.71. The first-order valence-corrected chi connectivity index (χ1v) is 11.7. The van der Waals surface area contributed by atoms with Gasteiger partial charge in [-0.1, -0.05) is 42.5 Å². The second kappa shape index (κ2) is 11.1. The molecule has 4 rings (SSSR count). The molecule has 3 atom stereocenters. The molecular formula is C25H29F3N4O3. The van der Waals surface area contributed by atoms with Crippen LogP contribution in [-0.4, -0.2) is 54.3 Å². The van der Waals surface area contributed by atoms with Gasteiger partial charge in [-0.15, -0.1) is 13.2 Å². The second-order valence-electron chi connectivity index (χ2n) is 8.92. The van der Waals surface area contributed by atoms with E-state index in [1.54, 1.807) is 12.1 Å². The van der Waals surface area contributed by atoms with Gasteiger partial charge >= 0.3 is 6.36 Å². The summed E-state index contributed by atoms with van der Waals surface area (Å²) >= 11 is 0. The van der Waals surface area contributed by atoms with Gasteiger partial charge in [0.25, 0.3) is 0 Å². The van der Waals surface area contributed by atoms with Crippen molar-refractivity contribution in [1.82, 2.24) is 20.9 Å². The van der Waals surface area contributed by atoms with Crippen LogP contribution in [0.3, 0.4) is 0 Å². The summed E-state index contributed by atoms with van der Waals surface area (Å²) in [7, 11) is 0. The average Bonchev–Trinajstić information content (AvgIpc) is 3.27. The Bertz CT molecular complexity index is 1000. The largest absolute Gasteiger partial charge is 0.573 e. The van der Waals surface area contributed by atoms with Crippen LogP contribution >= 0.6 is 0 Å². The fraction of sp³-hybridized carbons (Fsp3) is 0.440. The molecule has 3 unspecified atom stereocenters. The molecule has 0 aromatic heterocycles. The minimum atomic E-state index is -4.71. The number of fused-ring (bicyclic) bond motifs is 1. The van der Waals surface area contributed by atoms with Crippen LogP contribution in [-0.2, 0) is 22.7 Å². The first kappa shape index (κ1) is 25.0. The van der Waals surface area contributed by atoms with Crippen molar-refractivity contribution in [2.75, 3.05) is 13.1 Å². The van der Waals surface area contributed by atoms with Gasteiger partial charge in [0.15, 0.2) is 0 Å². The molecule has 2 saturated heterocycles. The van der Waals surface area contributed by atoms with Crippen molar-refractivity contribution >= 4 is 11.8 Å². The molecular weight excluding hydrogens is 461 g/mol. The molecule has 7 nitrogen and oxygen atoms in total. The SMILES string of the molecule is O=C(CCC1CNC(=O)C2CC(NCc3ccc(OC(F)(F)F)cc3)CN12)NCc1ccccc1. The molecule has 10 heteroatoms. The molecule has 2 aromatic carbocycles. The molecule has 0 saturated carbocycles. The Morgan fingerprint density at radius 2 is 1.77 bits per heavy atom. The molecule has 0 bridgehead atoms. The van der Waals surface area contributed by atoms with Gasteiger partial charge in [0.2, 0.25) is 11.8 Å². The zero-order valence-electron chi connectivity index (χ0n) is 19.2. The number of hydrogen-bond acceptors (Lipinski definition) is 5. The van der Waals surface area contributed by atoms with Gasteiger partial charge in [-0.2, -0.15) is 0 Å². The monoisotopic (exact) mass is 490 g/mol. The number of hydrogen-bond donors (Lipinski definition) is 3. The average molecular weight is 491 g/mol. The number of amides is 2. The molecule has 2 heterocycles. The fourth-order valence-corrected chi connectivity index (χ4v) is 4.65. The Morgan fingerprint density at radius 3 is 2.49 bits per heavy atom. The Kier molecular flexibility index (Phi) is 7.92. The smallest absolute Gasteiger partial charge is 0.406 e. The molecule has 0 aliphatic carbocycles. The summed E-state index contributed by atoms with van der Waals surface area (Å²) < 4.78 is 40.9. The van der Waals surface area contributed by atoms with Crippen molar-refractivity contribution in [2.24, 2.45) is 0 Å². The summed E-state index contributed by atoms with van der Waals surface area (Å²) in [5.74, 6) is -0.284. The van der Waals surface area contributed by atoms with Crippen molar-refractivity contribution in [3.05, 3.63) is 65.7 Å². The molecule has 35 heavy (non-hydrogen) atoms. The first-order chi connectivity index (χ1) is 16.8. The van der Waals surface area contributed by atoms with Crippen molar-refractivity contribution in [1.29, 1.82) is 0 Å². The Morgan fingerprint density at radius 1 is 1.06 bits per heavy atom. The minimum absolute atomic E-state index is 0.00673. The number of carbonyl (C=O) groups is 2. The number of benzene rings is 2. The van der Waals surface area contributed by atoms with E-state index < -0.39 is 6.36 Å². The summed E-state index contributed by atoms with van der Waals surface area (Å²) in [4.78, 5) is 26.9. The van der Waals surface area contributed by atoms with Gasteiger partial charge in [-0.25, -0.2) is 0 Å². The number of rotatable bonds is 9. The van der Waals surface area contributed by atoms with Crippen LogP contribution in [0.2, 0.25) is 0 Å². The van der Waals surface area contributed by atoms with Crippen molar-refractivity contribution < 1.29 is 27.5 Å². The molecule has 2 fully saturated rings. The minimum Gasteiger partial charge on any atom is -0.406 e. The third-order valence-electron chi connectivity index (χ3n) is 6.41. The van der Waals surface area contributed by atoms with Gasteiger partial charge < -0.3 is 20.7 Å². The maximum absolute atomic E-state index is 12.4. The highest BCUT2D eigenvalue weighted by atomic mass is 19.4. The normalized spacial score (nSPS) is 22.4. The molecule has 3 N–H and O–H groups in total. The van der Waals surface area contributed by atoms with Crippen molar-refractivity contribution in [2.45, 2.75) is 56.8 Å². The van der Waals surface area contributed by atoms with E-state index in [9.17, 15) is 22.8 Å². The van der Waals surface area contributed by atoms with Gasteiger partial charge in [0.1, 0.15) is 5.75 Å². The van der Waals surface area contributed by atoms with Crippen LogP contribution in [0.1, 0.15) is 30.4 Å². The van der Waals surface area contributed by atoms with E-state index in [2.05, 4.69) is 25.6 Å². The predicted molar refractivity (Wildman–Crippen MR) is 123 cm³/mol. The highest BCUT2D eigenvalue weighted by Gasteiger charge is 2.43. The summed E-state index contributed by atoms with van der Waals surface area (Å²) in [6.45, 7) is 2.13. The Labute approximate surface area is 202 Å². The van der Waals surface area contributed by atoms with Crippen LogP contribution in [0.25, 0.3) is 0 Å². The van der Waals surface area contributed by atoms with E-state index in [0.29, 0.717) is 45.4 Å². The van der Waals surface area contributed by atoms with Crippen molar-refractivity contribution in [3.8, 4) is 5.75 Å². The highest BCUT2D eigenvalue weighted by molar-refractivity contribution is 5.83. The molecule has 0 spiro atoms. The van der Waals surface area contributed by atoms with Gasteiger partial charge in [0, 0.05) is 44.7 Å². The van der Waals surface area contributed by atoms with Crippen LogP contribution in [0, 0.1) is 0 Å². The van der Waals surface area contributed by atoms with E-state index in [1.165, 1.54) is 12.1 Å². The third kappa shape index (κ3) is 7.19. The van der Waals surface area contributed by atoms with Crippen LogP contribution in [0.5, 0.6) is 5.75 Å². The zero-order valence-corrected chi connectivity index (χ0v) is 19.2. The topological polar surface area (TPSA) is 82.7 Å². The molecule has 2 aromatic rings. The van der Waals surface area contributed by atoms with E-state index in [0.717, 1.165) is 11.1 Å². The van der Waals surface area contributed by atoms with Crippen LogP contribution < -0.4 is 20.7 Å². The molecule has 2 aliphatic heterocycles. The van der Waals surface area contributed by atoms with E-state index >= 15 is 0 Å². The third-order valence-corrected chi connectivity index (χ3v) is 6.41. The molecule has 2 amide bonds. The maximum Gasteiger partial charge on any atom is 0.573 e. The number of nitrogens with one attached hydrogen (secondary N) is 3. The standard InChI is InChI=1S/C25H29F3N4O3/c26-25(27,28)35-21-9-6-18(7-10-21)13-29-19-12-22-24(34)31-15-20(32(22)16-19)8-11-23(33)30-14-17-4-2-1-3-5-17/h1-7,9-10,19-20,22,29H,8,11-16H2,(H,30,33)(H,31,34). The number of nitrogens with zero attached hydrogens (tertiary/aromatic N) is 1. The number of alkyl halides is 3. The second-order valence-corrected chi connectivity index (χ2v) is 8.92. The molecule has 0 radical (unpaired) electrons. The summed E-state index contributed by atoms with van der Waals surface area (Å²) in [5.41, 5.74) is 1.86. The lowest BCUT2D eigenvalue weighted by Gasteiger charge is -2.37. The Hall–Kier alpha value is -3.11. The number of piperazine rings is 1. The van der Waals surface area contributed by atoms with Crippen LogP contribution in [0.4, 0.5) is 13.2 Å². The first-order valence-electron chi connectivity index (χ1n) is 11.7. The summed E-state index contributed by atoms with van der Waals surface area (Å²) in [6, 6.07) is 15.3. The lowest BCUT2D eigenvalue weighted by Crippen LogP contribution is -2.58.